The van der Waals surface area contributed by atoms with E-state index in [-0.39, 0.29) is 11.8 Å². The zero-order valence-electron chi connectivity index (χ0n) is 14.2. The Morgan fingerprint density at radius 1 is 1.26 bits per heavy atom. The fourth-order valence-electron chi connectivity index (χ4n) is 2.07. The third kappa shape index (κ3) is 5.77. The van der Waals surface area contributed by atoms with Gasteiger partial charge in [-0.1, -0.05) is 38.5 Å². The number of esters is 1. The van der Waals surface area contributed by atoms with E-state index in [0.717, 1.165) is 12.0 Å². The van der Waals surface area contributed by atoms with E-state index in [1.54, 1.807) is 6.08 Å². The van der Waals surface area contributed by atoms with E-state index in [4.69, 9.17) is 9.47 Å². The minimum absolute atomic E-state index is 0.00416. The van der Waals surface area contributed by atoms with Crippen molar-refractivity contribution in [2.75, 3.05) is 13.7 Å². The van der Waals surface area contributed by atoms with E-state index in [2.05, 4.69) is 5.32 Å². The summed E-state index contributed by atoms with van der Waals surface area (Å²) >= 11 is 0. The van der Waals surface area contributed by atoms with Crippen LogP contribution in [0, 0.1) is 5.92 Å². The van der Waals surface area contributed by atoms with Crippen LogP contribution in [0.2, 0.25) is 0 Å². The van der Waals surface area contributed by atoms with Crippen molar-refractivity contribution in [1.29, 1.82) is 0 Å². The van der Waals surface area contributed by atoms with Gasteiger partial charge < -0.3 is 14.8 Å². The number of rotatable bonds is 8. The lowest BCUT2D eigenvalue weighted by Gasteiger charge is -2.21. The largest absolute Gasteiger partial charge is 0.493 e. The molecule has 0 saturated heterocycles. The van der Waals surface area contributed by atoms with Crippen molar-refractivity contribution in [3.05, 3.63) is 35.9 Å². The van der Waals surface area contributed by atoms with Gasteiger partial charge in [0.1, 0.15) is 11.8 Å². The summed E-state index contributed by atoms with van der Waals surface area (Å²) in [5.74, 6) is -0.0659. The summed E-state index contributed by atoms with van der Waals surface area (Å²) in [6.07, 6.45) is 3.83. The van der Waals surface area contributed by atoms with E-state index in [1.807, 2.05) is 45.0 Å². The number of hydrogen-bond donors (Lipinski definition) is 1. The molecule has 2 unspecified atom stereocenters. The number of carbonyl (C=O) groups is 2. The van der Waals surface area contributed by atoms with Crippen LogP contribution in [0.1, 0.15) is 32.8 Å². The van der Waals surface area contributed by atoms with Gasteiger partial charge in [-0.3, -0.25) is 4.79 Å². The van der Waals surface area contributed by atoms with Gasteiger partial charge in [-0.25, -0.2) is 4.79 Å². The molecule has 1 N–H and O–H groups in total. The summed E-state index contributed by atoms with van der Waals surface area (Å²) < 4.78 is 10.3. The molecule has 126 valence electrons. The molecule has 2 atom stereocenters. The number of para-hydroxylation sites is 1. The van der Waals surface area contributed by atoms with E-state index >= 15 is 0 Å². The molecule has 0 aliphatic rings. The highest BCUT2D eigenvalue weighted by Gasteiger charge is 2.25. The van der Waals surface area contributed by atoms with E-state index in [1.165, 1.54) is 13.2 Å². The summed E-state index contributed by atoms with van der Waals surface area (Å²) in [4.78, 5) is 23.9. The predicted octanol–water partition coefficient (Wildman–Crippen LogP) is 2.80. The average Bonchev–Trinajstić information content (AvgIpc) is 2.57. The highest BCUT2D eigenvalue weighted by atomic mass is 16.5. The van der Waals surface area contributed by atoms with Gasteiger partial charge in [-0.2, -0.15) is 0 Å². The van der Waals surface area contributed by atoms with Gasteiger partial charge >= 0.3 is 5.97 Å². The molecule has 0 fully saturated rings. The second-order valence-corrected chi connectivity index (χ2v) is 5.20. The highest BCUT2D eigenvalue weighted by Crippen LogP contribution is 2.19. The molecule has 5 nitrogen and oxygen atoms in total. The van der Waals surface area contributed by atoms with Gasteiger partial charge in [0.2, 0.25) is 5.91 Å². The van der Waals surface area contributed by atoms with Crippen LogP contribution in [-0.4, -0.2) is 31.6 Å². The van der Waals surface area contributed by atoms with Crippen LogP contribution in [0.4, 0.5) is 0 Å². The van der Waals surface area contributed by atoms with Crippen molar-refractivity contribution in [1.82, 2.24) is 5.32 Å². The number of methoxy groups -OCH3 is 1. The minimum Gasteiger partial charge on any atom is -0.493 e. The Labute approximate surface area is 137 Å². The number of amides is 1. The lowest BCUT2D eigenvalue weighted by molar-refractivity contribution is -0.146. The van der Waals surface area contributed by atoms with E-state index < -0.39 is 12.0 Å². The molecular weight excluding hydrogens is 294 g/mol. The summed E-state index contributed by atoms with van der Waals surface area (Å²) in [6.45, 7) is 6.31. The number of nitrogens with one attached hydrogen (secondary N) is 1. The molecule has 0 heterocycles. The first-order chi connectivity index (χ1) is 11.0. The molecule has 0 saturated carbocycles. The van der Waals surface area contributed by atoms with Crippen LogP contribution in [0.5, 0.6) is 5.75 Å². The fourth-order valence-corrected chi connectivity index (χ4v) is 2.07. The number of hydrogen-bond acceptors (Lipinski definition) is 4. The third-order valence-electron chi connectivity index (χ3n) is 3.60. The zero-order valence-corrected chi connectivity index (χ0v) is 14.2. The maximum Gasteiger partial charge on any atom is 0.328 e. The van der Waals surface area contributed by atoms with Gasteiger partial charge in [0.15, 0.2) is 0 Å². The topological polar surface area (TPSA) is 64.6 Å². The van der Waals surface area contributed by atoms with Crippen LogP contribution in [-0.2, 0) is 14.3 Å². The maximum absolute atomic E-state index is 12.1. The molecule has 1 rings (SSSR count). The zero-order chi connectivity index (χ0) is 17.2. The quantitative estimate of drug-likeness (QED) is 0.591. The smallest absolute Gasteiger partial charge is 0.328 e. The summed E-state index contributed by atoms with van der Waals surface area (Å²) in [5.41, 5.74) is 0.808. The molecular formula is C18H25NO4. The molecule has 1 aromatic rings. The van der Waals surface area contributed by atoms with Gasteiger partial charge in [0.05, 0.1) is 13.7 Å². The first kappa shape index (κ1) is 18.7. The first-order valence-electron chi connectivity index (χ1n) is 7.81. The molecule has 1 amide bonds. The Morgan fingerprint density at radius 2 is 1.96 bits per heavy atom. The molecule has 5 heteroatoms. The molecule has 0 aliphatic carbocycles. The summed E-state index contributed by atoms with van der Waals surface area (Å²) in [5, 5.41) is 2.70. The predicted molar refractivity (Wildman–Crippen MR) is 90.0 cm³/mol. The van der Waals surface area contributed by atoms with Crippen LogP contribution in [0.25, 0.3) is 6.08 Å². The Balaban J connectivity index is 2.80. The summed E-state index contributed by atoms with van der Waals surface area (Å²) in [7, 11) is 1.32. The molecule has 23 heavy (non-hydrogen) atoms. The van der Waals surface area contributed by atoms with E-state index in [9.17, 15) is 9.59 Å². The SMILES string of the molecule is CCOc1ccccc1/C=C/C(=O)NC(C(=O)OC)C(C)CC. The summed E-state index contributed by atoms with van der Waals surface area (Å²) in [6, 6.07) is 6.80. The normalized spacial score (nSPS) is 13.4. The van der Waals surface area contributed by atoms with Crippen LogP contribution >= 0.6 is 0 Å². The van der Waals surface area contributed by atoms with Crippen molar-refractivity contribution in [2.45, 2.75) is 33.2 Å². The van der Waals surface area contributed by atoms with E-state index in [0.29, 0.717) is 12.4 Å². The lowest BCUT2D eigenvalue weighted by Crippen LogP contribution is -2.45. The highest BCUT2D eigenvalue weighted by molar-refractivity contribution is 5.95. The first-order valence-corrected chi connectivity index (χ1v) is 7.81. The second kappa shape index (κ2) is 9.66. The van der Waals surface area contributed by atoms with Crippen molar-refractivity contribution in [2.24, 2.45) is 5.92 Å². The molecule has 0 radical (unpaired) electrons. The van der Waals surface area contributed by atoms with Gasteiger partial charge in [0.25, 0.3) is 0 Å². The number of carbonyl (C=O) groups excluding carboxylic acids is 2. The van der Waals surface area contributed by atoms with Crippen molar-refractivity contribution >= 4 is 18.0 Å². The monoisotopic (exact) mass is 319 g/mol. The van der Waals surface area contributed by atoms with Crippen LogP contribution in [0.3, 0.4) is 0 Å². The van der Waals surface area contributed by atoms with Gasteiger partial charge in [0, 0.05) is 11.6 Å². The maximum atomic E-state index is 12.1. The molecule has 1 aromatic carbocycles. The Hall–Kier alpha value is -2.30. The molecule has 0 spiro atoms. The van der Waals surface area contributed by atoms with Crippen molar-refractivity contribution < 1.29 is 19.1 Å². The van der Waals surface area contributed by atoms with Crippen LogP contribution < -0.4 is 10.1 Å². The van der Waals surface area contributed by atoms with Crippen molar-refractivity contribution in [3.63, 3.8) is 0 Å². The second-order valence-electron chi connectivity index (χ2n) is 5.20. The number of benzene rings is 1. The van der Waals surface area contributed by atoms with Gasteiger partial charge in [-0.15, -0.1) is 0 Å². The van der Waals surface area contributed by atoms with Gasteiger partial charge in [-0.05, 0) is 25.0 Å². The Morgan fingerprint density at radius 3 is 2.57 bits per heavy atom. The number of ether oxygens (including phenoxy) is 2. The third-order valence-corrected chi connectivity index (χ3v) is 3.60. The van der Waals surface area contributed by atoms with Crippen LogP contribution in [0.15, 0.2) is 30.3 Å². The molecule has 0 aromatic heterocycles. The molecule has 0 aliphatic heterocycles. The molecule has 0 bridgehead atoms. The standard InChI is InChI=1S/C18H25NO4/c1-5-13(3)17(18(21)22-4)19-16(20)12-11-14-9-7-8-10-15(14)23-6-2/h7-13,17H,5-6H2,1-4H3,(H,19,20)/b12-11+. The minimum atomic E-state index is -0.649. The Kier molecular flexibility index (Phi) is 7.88. The fraction of sp³-hybridized carbons (Fsp3) is 0.444. The lowest BCUT2D eigenvalue weighted by atomic mass is 9.99. The Bertz CT molecular complexity index is 554. The average molecular weight is 319 g/mol. The van der Waals surface area contributed by atoms with Crippen molar-refractivity contribution in [3.8, 4) is 5.75 Å².